The molecule has 0 bridgehead atoms. The van der Waals surface area contributed by atoms with Gasteiger partial charge in [-0.3, -0.25) is 0 Å². The Morgan fingerprint density at radius 3 is 2.59 bits per heavy atom. The first-order valence-electron chi connectivity index (χ1n) is 7.14. The Labute approximate surface area is 128 Å². The molecule has 1 aliphatic heterocycles. The van der Waals surface area contributed by atoms with Crippen LogP contribution in [-0.4, -0.2) is 13.1 Å². The van der Waals surface area contributed by atoms with Crippen molar-refractivity contribution in [1.82, 2.24) is 0 Å². The zero-order valence-corrected chi connectivity index (χ0v) is 12.1. The summed E-state index contributed by atoms with van der Waals surface area (Å²) in [5, 5.41) is 2.30. The highest BCUT2D eigenvalue weighted by molar-refractivity contribution is 5.95. The number of methoxy groups -OCH3 is 1. The highest BCUT2D eigenvalue weighted by atomic mass is 16.5. The van der Waals surface area contributed by atoms with Gasteiger partial charge in [0.15, 0.2) is 6.10 Å². The summed E-state index contributed by atoms with van der Waals surface area (Å²) < 4.78 is 10.8. The van der Waals surface area contributed by atoms with E-state index >= 15 is 0 Å². The van der Waals surface area contributed by atoms with Crippen LogP contribution >= 0.6 is 0 Å². The average molecular weight is 290 g/mol. The second-order valence-electron chi connectivity index (χ2n) is 5.35. The van der Waals surface area contributed by atoms with Crippen LogP contribution in [0.2, 0.25) is 0 Å². The minimum atomic E-state index is -0.373. The summed E-state index contributed by atoms with van der Waals surface area (Å²) >= 11 is 0. The highest BCUT2D eigenvalue weighted by Crippen LogP contribution is 2.38. The molecule has 0 saturated heterocycles. The number of benzene rings is 3. The van der Waals surface area contributed by atoms with Crippen LogP contribution in [0.15, 0.2) is 60.7 Å². The zero-order valence-electron chi connectivity index (χ0n) is 12.1. The number of hydrogen-bond acceptors (Lipinski definition) is 3. The molecule has 1 aliphatic rings. The minimum absolute atomic E-state index is 0.282. The lowest BCUT2D eigenvalue weighted by atomic mass is 9.97. The fraction of sp³-hybridized carbons (Fsp3) is 0.105. The molecule has 0 radical (unpaired) electrons. The van der Waals surface area contributed by atoms with Crippen LogP contribution in [-0.2, 0) is 4.74 Å². The Hall–Kier alpha value is -2.81. The molecule has 0 amide bonds. The Balaban J connectivity index is 1.84. The number of carbonyl (C=O) groups excluding carboxylic acids is 1. The molecule has 108 valence electrons. The molecule has 22 heavy (non-hydrogen) atoms. The fourth-order valence-electron chi connectivity index (χ4n) is 2.92. The van der Waals surface area contributed by atoms with Crippen molar-refractivity contribution in [2.45, 2.75) is 6.10 Å². The molecule has 3 nitrogen and oxygen atoms in total. The van der Waals surface area contributed by atoms with Gasteiger partial charge < -0.3 is 9.47 Å². The number of rotatable bonds is 2. The van der Waals surface area contributed by atoms with Gasteiger partial charge in [-0.05, 0) is 40.6 Å². The van der Waals surface area contributed by atoms with E-state index in [0.29, 0.717) is 5.56 Å². The molecule has 3 heteroatoms. The number of ether oxygens (including phenoxy) is 2. The monoisotopic (exact) mass is 290 g/mol. The molecule has 0 aromatic heterocycles. The van der Waals surface area contributed by atoms with Crippen molar-refractivity contribution in [2.75, 3.05) is 7.11 Å². The first-order valence-corrected chi connectivity index (χ1v) is 7.14. The third-order valence-corrected chi connectivity index (χ3v) is 4.06. The fourth-order valence-corrected chi connectivity index (χ4v) is 2.92. The maximum Gasteiger partial charge on any atom is 0.339 e. The number of carbonyl (C=O) groups is 1. The topological polar surface area (TPSA) is 35.5 Å². The van der Waals surface area contributed by atoms with E-state index in [1.807, 2.05) is 24.3 Å². The van der Waals surface area contributed by atoms with Gasteiger partial charge in [0, 0.05) is 5.56 Å². The first-order chi connectivity index (χ1) is 10.8. The van der Waals surface area contributed by atoms with E-state index in [-0.39, 0.29) is 12.1 Å². The van der Waals surface area contributed by atoms with Gasteiger partial charge in [-0.2, -0.15) is 0 Å². The highest BCUT2D eigenvalue weighted by Gasteiger charge is 2.32. The van der Waals surface area contributed by atoms with Gasteiger partial charge in [0.2, 0.25) is 0 Å². The summed E-state index contributed by atoms with van der Waals surface area (Å²) in [6.07, 6.45) is -0.373. The Bertz CT molecular complexity index is 883. The van der Waals surface area contributed by atoms with E-state index in [0.717, 1.165) is 22.3 Å². The van der Waals surface area contributed by atoms with E-state index in [1.165, 1.54) is 5.39 Å². The third kappa shape index (κ3) is 1.94. The van der Waals surface area contributed by atoms with Crippen LogP contribution in [0.5, 0.6) is 5.75 Å². The van der Waals surface area contributed by atoms with Crippen molar-refractivity contribution in [3.05, 3.63) is 77.4 Å². The van der Waals surface area contributed by atoms with Crippen molar-refractivity contribution in [2.24, 2.45) is 0 Å². The standard InChI is InChI=1S/C19H14O3/c1-21-15-8-9-16-17(11-15)18(22-19(16)20)14-7-6-12-4-2-3-5-13(12)10-14/h2-11,18H,1H3/t18-/m0/s1. The summed E-state index contributed by atoms with van der Waals surface area (Å²) in [5.41, 5.74) is 2.44. The van der Waals surface area contributed by atoms with Gasteiger partial charge in [-0.1, -0.05) is 36.4 Å². The van der Waals surface area contributed by atoms with Gasteiger partial charge in [0.25, 0.3) is 0 Å². The summed E-state index contributed by atoms with van der Waals surface area (Å²) in [7, 11) is 1.62. The lowest BCUT2D eigenvalue weighted by Gasteiger charge is -2.12. The van der Waals surface area contributed by atoms with Gasteiger partial charge >= 0.3 is 5.97 Å². The summed E-state index contributed by atoms with van der Waals surface area (Å²) in [6.45, 7) is 0. The van der Waals surface area contributed by atoms with Crippen LogP contribution in [0.1, 0.15) is 27.6 Å². The molecule has 3 aromatic rings. The number of cyclic esters (lactones) is 1. The predicted molar refractivity (Wildman–Crippen MR) is 84.2 cm³/mol. The van der Waals surface area contributed by atoms with Crippen LogP contribution in [0.25, 0.3) is 10.8 Å². The maximum absolute atomic E-state index is 12.0. The van der Waals surface area contributed by atoms with E-state index in [9.17, 15) is 4.79 Å². The minimum Gasteiger partial charge on any atom is -0.497 e. The lowest BCUT2D eigenvalue weighted by Crippen LogP contribution is -2.00. The van der Waals surface area contributed by atoms with Crippen LogP contribution in [0.4, 0.5) is 0 Å². The number of esters is 1. The van der Waals surface area contributed by atoms with E-state index in [1.54, 1.807) is 19.2 Å². The third-order valence-electron chi connectivity index (χ3n) is 4.06. The molecular weight excluding hydrogens is 276 g/mol. The largest absolute Gasteiger partial charge is 0.497 e. The predicted octanol–water partition coefficient (Wildman–Crippen LogP) is 4.11. The van der Waals surface area contributed by atoms with Gasteiger partial charge in [0.1, 0.15) is 5.75 Å². The number of fused-ring (bicyclic) bond motifs is 2. The van der Waals surface area contributed by atoms with E-state index in [2.05, 4.69) is 24.3 Å². The van der Waals surface area contributed by atoms with Gasteiger partial charge in [-0.25, -0.2) is 4.79 Å². The van der Waals surface area contributed by atoms with Crippen LogP contribution in [0.3, 0.4) is 0 Å². The van der Waals surface area contributed by atoms with E-state index < -0.39 is 0 Å². The van der Waals surface area contributed by atoms with Gasteiger partial charge in [-0.15, -0.1) is 0 Å². The van der Waals surface area contributed by atoms with Crippen molar-refractivity contribution < 1.29 is 14.3 Å². The molecule has 0 fully saturated rings. The molecule has 4 rings (SSSR count). The van der Waals surface area contributed by atoms with Crippen molar-refractivity contribution in [1.29, 1.82) is 0 Å². The quantitative estimate of drug-likeness (QED) is 0.666. The summed E-state index contributed by atoms with van der Waals surface area (Å²) in [6, 6.07) is 19.7. The zero-order chi connectivity index (χ0) is 15.1. The second-order valence-corrected chi connectivity index (χ2v) is 5.35. The summed E-state index contributed by atoms with van der Waals surface area (Å²) in [5.74, 6) is 0.443. The Morgan fingerprint density at radius 2 is 1.77 bits per heavy atom. The molecule has 3 aromatic carbocycles. The van der Waals surface area contributed by atoms with E-state index in [4.69, 9.17) is 9.47 Å². The van der Waals surface area contributed by atoms with Crippen molar-refractivity contribution >= 4 is 16.7 Å². The smallest absolute Gasteiger partial charge is 0.339 e. The van der Waals surface area contributed by atoms with Gasteiger partial charge in [0.05, 0.1) is 12.7 Å². The molecule has 1 atom stereocenters. The lowest BCUT2D eigenvalue weighted by molar-refractivity contribution is 0.0456. The second kappa shape index (κ2) is 4.88. The Kier molecular flexibility index (Phi) is 2.86. The first kappa shape index (κ1) is 12.9. The molecule has 0 saturated carbocycles. The molecular formula is C19H14O3. The number of hydrogen-bond donors (Lipinski definition) is 0. The van der Waals surface area contributed by atoms with Crippen molar-refractivity contribution in [3.63, 3.8) is 0 Å². The molecule has 1 heterocycles. The average Bonchev–Trinajstić information content (AvgIpc) is 2.90. The molecule has 0 aliphatic carbocycles. The summed E-state index contributed by atoms with van der Waals surface area (Å²) in [4.78, 5) is 12.0. The van der Waals surface area contributed by atoms with Crippen LogP contribution in [0, 0.1) is 0 Å². The Morgan fingerprint density at radius 1 is 0.955 bits per heavy atom. The molecule has 0 N–H and O–H groups in total. The molecule has 0 spiro atoms. The normalized spacial score (nSPS) is 16.4. The van der Waals surface area contributed by atoms with Crippen LogP contribution < -0.4 is 4.74 Å². The van der Waals surface area contributed by atoms with Crippen molar-refractivity contribution in [3.8, 4) is 5.75 Å². The SMILES string of the molecule is COc1ccc2c(c1)[C@H](c1ccc3ccccc3c1)OC2=O. The maximum atomic E-state index is 12.0. The molecule has 0 unspecified atom stereocenters.